The second-order valence-electron chi connectivity index (χ2n) is 6.31. The minimum Gasteiger partial charge on any atom is -0.490 e. The highest BCUT2D eigenvalue weighted by Crippen LogP contribution is 2.28. The zero-order chi connectivity index (χ0) is 23.2. The molecule has 2 rings (SSSR count). The van der Waals surface area contributed by atoms with Crippen molar-refractivity contribution in [2.75, 3.05) is 13.7 Å². The van der Waals surface area contributed by atoms with E-state index in [0.717, 1.165) is 30.5 Å². The number of carbonyl (C=O) groups excluding carboxylic acids is 2. The predicted molar refractivity (Wildman–Crippen MR) is 113 cm³/mol. The van der Waals surface area contributed by atoms with E-state index in [9.17, 15) is 14.0 Å². The molecule has 0 fully saturated rings. The van der Waals surface area contributed by atoms with Crippen LogP contribution in [-0.4, -0.2) is 45.4 Å². The topological polar surface area (TPSA) is 114 Å². The maximum atomic E-state index is 14.0. The Hall–Kier alpha value is -2.36. The number of aryl methyl sites for hydroxylation is 1. The molecule has 0 amide bonds. The highest BCUT2D eigenvalue weighted by Gasteiger charge is 2.29. The van der Waals surface area contributed by atoms with Gasteiger partial charge in [0.15, 0.2) is 11.6 Å². The lowest BCUT2D eigenvalue weighted by Crippen LogP contribution is -2.21. The molecule has 2 aromatic rings. The Balaban J connectivity index is 1.95. The smallest absolute Gasteiger partial charge is 0.379 e. The third-order valence-corrected chi connectivity index (χ3v) is 4.68. The number of Topliss-reactive ketones (excluding diaryl/α,β-unsaturated/α-hetero) is 1. The summed E-state index contributed by atoms with van der Waals surface area (Å²) in [4.78, 5) is 23.2. The number of benzene rings is 1. The van der Waals surface area contributed by atoms with Crippen LogP contribution in [0, 0.1) is 18.2 Å². The van der Waals surface area contributed by atoms with Gasteiger partial charge < -0.3 is 14.2 Å². The fourth-order valence-electron chi connectivity index (χ4n) is 2.57. The normalized spacial score (nSPS) is 11.2. The van der Waals surface area contributed by atoms with E-state index in [2.05, 4.69) is 14.9 Å². The quantitative estimate of drug-likeness (QED) is 0.103. The van der Waals surface area contributed by atoms with E-state index in [1.807, 2.05) is 6.92 Å². The van der Waals surface area contributed by atoms with Crippen LogP contribution in [-0.2, 0) is 27.3 Å². The molecule has 0 radical (unpaired) electrons. The third kappa shape index (κ3) is 6.81. The van der Waals surface area contributed by atoms with Crippen LogP contribution in [0.25, 0.3) is 0 Å². The molecule has 168 valence electrons. The van der Waals surface area contributed by atoms with Crippen molar-refractivity contribution in [1.82, 2.24) is 10.2 Å². The number of nitrogens with zero attached hydrogens (tertiary/aromatic N) is 1. The maximum absolute atomic E-state index is 14.0. The molecule has 0 aliphatic rings. The number of alkyl halides is 3. The first-order chi connectivity index (χ1) is 14.5. The largest absolute Gasteiger partial charge is 0.490 e. The molecule has 1 heterocycles. The molecule has 12 heteroatoms. The highest BCUT2D eigenvalue weighted by atomic mass is 35.6. The molecule has 31 heavy (non-hydrogen) atoms. The van der Waals surface area contributed by atoms with Gasteiger partial charge in [0.2, 0.25) is 5.90 Å². The molecule has 1 aromatic carbocycles. The zero-order valence-corrected chi connectivity index (χ0v) is 18.8. The summed E-state index contributed by atoms with van der Waals surface area (Å²) < 4.78 is 27.0. The van der Waals surface area contributed by atoms with Gasteiger partial charge in [-0.2, -0.15) is 5.10 Å². The minimum atomic E-state index is -1.97. The average molecular weight is 495 g/mol. The van der Waals surface area contributed by atoms with Crippen LogP contribution >= 0.6 is 34.8 Å². The summed E-state index contributed by atoms with van der Waals surface area (Å²) in [6.45, 7) is 1.87. The van der Waals surface area contributed by atoms with Crippen molar-refractivity contribution in [3.63, 3.8) is 0 Å². The fourth-order valence-corrected chi connectivity index (χ4v) is 2.74. The number of aromatic nitrogens is 2. The third-order valence-electron chi connectivity index (χ3n) is 4.16. The Morgan fingerprint density at radius 1 is 1.29 bits per heavy atom. The van der Waals surface area contributed by atoms with Crippen LogP contribution in [0.4, 0.5) is 4.39 Å². The SMILES string of the molecule is COC(=O)C(=O)c1ccc(F)c(OCCCc2c(COC(=N)C(Cl)(Cl)Cl)n[nH]c2C)c1. The highest BCUT2D eigenvalue weighted by molar-refractivity contribution is 6.76. The van der Waals surface area contributed by atoms with Gasteiger partial charge >= 0.3 is 5.97 Å². The maximum Gasteiger partial charge on any atom is 0.379 e. The Morgan fingerprint density at radius 2 is 2.00 bits per heavy atom. The van der Waals surface area contributed by atoms with E-state index in [4.69, 9.17) is 49.7 Å². The number of aromatic amines is 1. The molecule has 0 bridgehead atoms. The van der Waals surface area contributed by atoms with Crippen molar-refractivity contribution in [3.8, 4) is 5.75 Å². The lowest BCUT2D eigenvalue weighted by Gasteiger charge is -2.13. The number of ether oxygens (including phenoxy) is 3. The van der Waals surface area contributed by atoms with Gasteiger partial charge in [0, 0.05) is 11.3 Å². The molecule has 2 N–H and O–H groups in total. The van der Waals surface area contributed by atoms with Crippen molar-refractivity contribution in [2.24, 2.45) is 0 Å². The molecule has 1 aromatic heterocycles. The van der Waals surface area contributed by atoms with Crippen molar-refractivity contribution in [3.05, 3.63) is 46.5 Å². The summed E-state index contributed by atoms with van der Waals surface area (Å²) >= 11 is 16.8. The summed E-state index contributed by atoms with van der Waals surface area (Å²) in [7, 11) is 1.08. The van der Waals surface area contributed by atoms with Crippen molar-refractivity contribution in [2.45, 2.75) is 30.2 Å². The lowest BCUT2D eigenvalue weighted by atomic mass is 10.1. The minimum absolute atomic E-state index is 0.0373. The average Bonchev–Trinajstić information content (AvgIpc) is 3.08. The lowest BCUT2D eigenvalue weighted by molar-refractivity contribution is -0.135. The van der Waals surface area contributed by atoms with Gasteiger partial charge in [-0.3, -0.25) is 15.3 Å². The van der Waals surface area contributed by atoms with Gasteiger partial charge in [0.1, 0.15) is 12.3 Å². The zero-order valence-electron chi connectivity index (χ0n) is 16.6. The fraction of sp³-hybridized carbons (Fsp3) is 0.368. The van der Waals surface area contributed by atoms with Gasteiger partial charge in [-0.05, 0) is 43.5 Å². The van der Waals surface area contributed by atoms with E-state index >= 15 is 0 Å². The second-order valence-corrected chi connectivity index (χ2v) is 8.59. The standard InChI is InChI=1S/C19H19Cl3FN3O5/c1-10-12(14(26-25-10)9-31-18(24)19(20,21)22)4-3-7-30-15-8-11(5-6-13(15)23)16(27)17(28)29-2/h5-6,8,24H,3-4,7,9H2,1-2H3,(H,25,26). The first-order valence-corrected chi connectivity index (χ1v) is 10.0. The number of hydrogen-bond acceptors (Lipinski definition) is 7. The van der Waals surface area contributed by atoms with Crippen LogP contribution in [0.5, 0.6) is 5.75 Å². The van der Waals surface area contributed by atoms with Gasteiger partial charge in [-0.25, -0.2) is 9.18 Å². The van der Waals surface area contributed by atoms with Crippen LogP contribution < -0.4 is 4.74 Å². The number of methoxy groups -OCH3 is 1. The van der Waals surface area contributed by atoms with Crippen molar-refractivity contribution in [1.29, 1.82) is 5.41 Å². The number of halogens is 4. The van der Waals surface area contributed by atoms with Gasteiger partial charge in [0.25, 0.3) is 9.58 Å². The number of ketones is 1. The van der Waals surface area contributed by atoms with Gasteiger partial charge in [-0.15, -0.1) is 0 Å². The molecule has 0 unspecified atom stereocenters. The van der Waals surface area contributed by atoms with Crippen molar-refractivity contribution < 1.29 is 28.2 Å². The number of esters is 1. The number of carbonyl (C=O) groups is 2. The van der Waals surface area contributed by atoms with Crippen molar-refractivity contribution >= 4 is 52.5 Å². The van der Waals surface area contributed by atoms with Gasteiger partial charge in [-0.1, -0.05) is 34.8 Å². The molecule has 0 spiro atoms. The van der Waals surface area contributed by atoms with E-state index in [1.54, 1.807) is 0 Å². The molecule has 0 atom stereocenters. The summed E-state index contributed by atoms with van der Waals surface area (Å²) in [5, 5.41) is 14.5. The molecule has 0 saturated carbocycles. The summed E-state index contributed by atoms with van der Waals surface area (Å²) in [5.74, 6) is -3.29. The van der Waals surface area contributed by atoms with Crippen LogP contribution in [0.2, 0.25) is 0 Å². The molecule has 8 nitrogen and oxygen atoms in total. The van der Waals surface area contributed by atoms with E-state index < -0.39 is 27.3 Å². The Morgan fingerprint density at radius 3 is 2.65 bits per heavy atom. The Bertz CT molecular complexity index is 975. The van der Waals surface area contributed by atoms with Gasteiger partial charge in [0.05, 0.1) is 13.7 Å². The second kappa shape index (κ2) is 10.8. The molecular formula is C19H19Cl3FN3O5. The first-order valence-electron chi connectivity index (χ1n) is 8.90. The predicted octanol–water partition coefficient (Wildman–Crippen LogP) is 4.09. The summed E-state index contributed by atoms with van der Waals surface area (Å²) in [6.07, 6.45) is 0.981. The summed E-state index contributed by atoms with van der Waals surface area (Å²) in [5.41, 5.74) is 2.12. The first kappa shape index (κ1) is 24.9. The molecule has 0 saturated heterocycles. The summed E-state index contributed by atoms with van der Waals surface area (Å²) in [6, 6.07) is 3.37. The Labute approximate surface area is 192 Å². The number of rotatable bonds is 9. The van der Waals surface area contributed by atoms with E-state index in [-0.39, 0.29) is 24.5 Å². The molecule has 0 aliphatic carbocycles. The van der Waals surface area contributed by atoms with E-state index in [0.29, 0.717) is 18.5 Å². The number of nitrogens with one attached hydrogen (secondary N) is 2. The Kier molecular flexibility index (Phi) is 8.67. The number of hydrogen-bond donors (Lipinski definition) is 2. The van der Waals surface area contributed by atoms with Crippen LogP contribution in [0.15, 0.2) is 18.2 Å². The van der Waals surface area contributed by atoms with Crippen LogP contribution in [0.1, 0.15) is 33.7 Å². The number of H-pyrrole nitrogens is 1. The molecular weight excluding hydrogens is 476 g/mol. The van der Waals surface area contributed by atoms with E-state index in [1.165, 1.54) is 6.07 Å². The monoisotopic (exact) mass is 493 g/mol. The van der Waals surface area contributed by atoms with Crippen LogP contribution in [0.3, 0.4) is 0 Å². The molecule has 0 aliphatic heterocycles.